The van der Waals surface area contributed by atoms with Crippen LogP contribution in [-0.4, -0.2) is 49.1 Å². The topological polar surface area (TPSA) is 58.6 Å². The highest BCUT2D eigenvalue weighted by Crippen LogP contribution is 2.14. The Labute approximate surface area is 115 Å². The monoisotopic (exact) mass is 270 g/mol. The van der Waals surface area contributed by atoms with Crippen molar-refractivity contribution in [2.75, 3.05) is 26.3 Å². The van der Waals surface area contributed by atoms with Crippen LogP contribution in [0.1, 0.15) is 40.0 Å². The van der Waals surface area contributed by atoms with Gasteiger partial charge in [0.05, 0.1) is 0 Å². The summed E-state index contributed by atoms with van der Waals surface area (Å²) in [5.41, 5.74) is 0. The van der Waals surface area contributed by atoms with Gasteiger partial charge in [-0.1, -0.05) is 6.92 Å². The maximum atomic E-state index is 11.9. The first kappa shape index (κ1) is 16.0. The van der Waals surface area contributed by atoms with Crippen molar-refractivity contribution >= 4 is 11.8 Å². The van der Waals surface area contributed by atoms with Crippen molar-refractivity contribution in [1.82, 2.24) is 10.2 Å². The molecule has 1 saturated heterocycles. The van der Waals surface area contributed by atoms with E-state index in [4.69, 9.17) is 4.74 Å². The van der Waals surface area contributed by atoms with E-state index in [1.54, 1.807) is 6.92 Å². The second kappa shape index (κ2) is 8.15. The van der Waals surface area contributed by atoms with Crippen molar-refractivity contribution in [3.05, 3.63) is 0 Å². The largest absolute Gasteiger partial charge is 0.381 e. The fourth-order valence-corrected chi connectivity index (χ4v) is 2.31. The van der Waals surface area contributed by atoms with E-state index in [-0.39, 0.29) is 23.8 Å². The molecule has 19 heavy (non-hydrogen) atoms. The molecule has 0 aromatic rings. The first-order chi connectivity index (χ1) is 9.06. The van der Waals surface area contributed by atoms with Gasteiger partial charge in [0.2, 0.25) is 11.8 Å². The second-order valence-electron chi connectivity index (χ2n) is 5.15. The molecule has 0 saturated carbocycles. The molecular weight excluding hydrogens is 244 g/mol. The predicted octanol–water partition coefficient (Wildman–Crippen LogP) is 1.18. The van der Waals surface area contributed by atoms with Crippen LogP contribution in [0.25, 0.3) is 0 Å². The normalized spacial score (nSPS) is 17.8. The zero-order valence-corrected chi connectivity index (χ0v) is 12.3. The average Bonchev–Trinajstić information content (AvgIpc) is 2.43. The molecule has 0 bridgehead atoms. The summed E-state index contributed by atoms with van der Waals surface area (Å²) in [6.45, 7) is 8.11. The van der Waals surface area contributed by atoms with E-state index in [1.165, 1.54) is 0 Å². The van der Waals surface area contributed by atoms with Gasteiger partial charge in [-0.3, -0.25) is 9.59 Å². The van der Waals surface area contributed by atoms with E-state index >= 15 is 0 Å². The van der Waals surface area contributed by atoms with Crippen LogP contribution in [-0.2, 0) is 14.3 Å². The highest BCUT2D eigenvalue weighted by Gasteiger charge is 2.21. The molecule has 0 aliphatic carbocycles. The zero-order chi connectivity index (χ0) is 14.3. The van der Waals surface area contributed by atoms with E-state index < -0.39 is 0 Å². The van der Waals surface area contributed by atoms with Crippen molar-refractivity contribution < 1.29 is 14.3 Å². The van der Waals surface area contributed by atoms with Crippen molar-refractivity contribution in [2.45, 2.75) is 46.1 Å². The molecule has 1 aliphatic heterocycles. The molecule has 0 aromatic heterocycles. The third kappa shape index (κ3) is 5.19. The van der Waals surface area contributed by atoms with Crippen molar-refractivity contribution in [3.8, 4) is 0 Å². The van der Waals surface area contributed by atoms with Gasteiger partial charge in [0, 0.05) is 45.2 Å². The standard InChI is InChI=1S/C14H26N2O3/c1-4-11(2)16(12(3)17)8-7-15-14(18)13-5-9-19-10-6-13/h11,13H,4-10H2,1-3H3,(H,15,18). The molecule has 1 rings (SSSR count). The summed E-state index contributed by atoms with van der Waals surface area (Å²) < 4.78 is 5.24. The van der Waals surface area contributed by atoms with Crippen LogP contribution in [0.3, 0.4) is 0 Å². The van der Waals surface area contributed by atoms with E-state index in [0.717, 1.165) is 19.3 Å². The van der Waals surface area contributed by atoms with Crippen molar-refractivity contribution in [2.24, 2.45) is 5.92 Å². The molecule has 1 aliphatic rings. The minimum Gasteiger partial charge on any atom is -0.381 e. The Morgan fingerprint density at radius 1 is 1.37 bits per heavy atom. The van der Waals surface area contributed by atoms with Gasteiger partial charge < -0.3 is 15.0 Å². The Kier molecular flexibility index (Phi) is 6.84. The average molecular weight is 270 g/mol. The van der Waals surface area contributed by atoms with Gasteiger partial charge in [-0.15, -0.1) is 0 Å². The third-order valence-electron chi connectivity index (χ3n) is 3.77. The maximum Gasteiger partial charge on any atom is 0.223 e. The zero-order valence-electron chi connectivity index (χ0n) is 12.3. The van der Waals surface area contributed by atoms with Gasteiger partial charge in [-0.05, 0) is 26.2 Å². The molecule has 0 radical (unpaired) electrons. The first-order valence-electron chi connectivity index (χ1n) is 7.19. The summed E-state index contributed by atoms with van der Waals surface area (Å²) in [4.78, 5) is 25.2. The Balaban J connectivity index is 2.30. The van der Waals surface area contributed by atoms with Gasteiger partial charge in [-0.25, -0.2) is 0 Å². The Morgan fingerprint density at radius 3 is 2.53 bits per heavy atom. The number of carbonyl (C=O) groups is 2. The number of rotatable bonds is 6. The predicted molar refractivity (Wildman–Crippen MR) is 73.7 cm³/mol. The SMILES string of the molecule is CCC(C)N(CCNC(=O)C1CCOCC1)C(C)=O. The molecule has 5 nitrogen and oxygen atoms in total. The van der Waals surface area contributed by atoms with Crippen LogP contribution < -0.4 is 5.32 Å². The molecular formula is C14H26N2O3. The van der Waals surface area contributed by atoms with Crippen LogP contribution in [0.15, 0.2) is 0 Å². The second-order valence-corrected chi connectivity index (χ2v) is 5.15. The van der Waals surface area contributed by atoms with E-state index in [0.29, 0.717) is 26.3 Å². The molecule has 1 fully saturated rings. The lowest BCUT2D eigenvalue weighted by Gasteiger charge is -2.28. The quantitative estimate of drug-likeness (QED) is 0.788. The lowest BCUT2D eigenvalue weighted by Crippen LogP contribution is -2.43. The molecule has 0 spiro atoms. The summed E-state index contributed by atoms with van der Waals surface area (Å²) in [5, 5.41) is 2.93. The van der Waals surface area contributed by atoms with Crippen LogP contribution >= 0.6 is 0 Å². The van der Waals surface area contributed by atoms with Crippen molar-refractivity contribution in [1.29, 1.82) is 0 Å². The van der Waals surface area contributed by atoms with E-state index in [2.05, 4.69) is 12.2 Å². The van der Waals surface area contributed by atoms with Gasteiger partial charge in [0.25, 0.3) is 0 Å². The number of nitrogens with zero attached hydrogens (tertiary/aromatic N) is 1. The summed E-state index contributed by atoms with van der Waals surface area (Å²) >= 11 is 0. The number of amides is 2. The molecule has 2 amide bonds. The number of carbonyl (C=O) groups excluding carboxylic acids is 2. The maximum absolute atomic E-state index is 11.9. The highest BCUT2D eigenvalue weighted by molar-refractivity contribution is 5.78. The Hall–Kier alpha value is -1.10. The van der Waals surface area contributed by atoms with Crippen LogP contribution in [0, 0.1) is 5.92 Å². The minimum atomic E-state index is 0.0645. The molecule has 1 unspecified atom stereocenters. The molecule has 1 atom stereocenters. The Morgan fingerprint density at radius 2 is 2.00 bits per heavy atom. The number of hydrogen-bond acceptors (Lipinski definition) is 3. The number of ether oxygens (including phenoxy) is 1. The number of hydrogen-bond donors (Lipinski definition) is 1. The molecule has 0 aromatic carbocycles. The number of nitrogens with one attached hydrogen (secondary N) is 1. The van der Waals surface area contributed by atoms with Crippen LogP contribution in [0.5, 0.6) is 0 Å². The molecule has 1 heterocycles. The summed E-state index contributed by atoms with van der Waals surface area (Å²) in [6, 6.07) is 0.220. The van der Waals surface area contributed by atoms with Gasteiger partial charge >= 0.3 is 0 Å². The van der Waals surface area contributed by atoms with Crippen LogP contribution in [0.2, 0.25) is 0 Å². The highest BCUT2D eigenvalue weighted by atomic mass is 16.5. The summed E-state index contributed by atoms with van der Waals surface area (Å²) in [6.07, 6.45) is 2.52. The van der Waals surface area contributed by atoms with Gasteiger partial charge in [-0.2, -0.15) is 0 Å². The Bertz CT molecular complexity index is 301. The summed E-state index contributed by atoms with van der Waals surface area (Å²) in [5.74, 6) is 0.230. The van der Waals surface area contributed by atoms with Crippen molar-refractivity contribution in [3.63, 3.8) is 0 Å². The fourth-order valence-electron chi connectivity index (χ4n) is 2.31. The summed E-state index contributed by atoms with van der Waals surface area (Å²) in [7, 11) is 0. The lowest BCUT2D eigenvalue weighted by atomic mass is 9.99. The molecule has 110 valence electrons. The molecule has 1 N–H and O–H groups in total. The first-order valence-corrected chi connectivity index (χ1v) is 7.19. The minimum absolute atomic E-state index is 0.0645. The van der Waals surface area contributed by atoms with Crippen LogP contribution in [0.4, 0.5) is 0 Å². The molecule has 5 heteroatoms. The van der Waals surface area contributed by atoms with E-state index in [1.807, 2.05) is 11.8 Å². The van der Waals surface area contributed by atoms with Gasteiger partial charge in [0.1, 0.15) is 0 Å². The smallest absolute Gasteiger partial charge is 0.223 e. The van der Waals surface area contributed by atoms with E-state index in [9.17, 15) is 9.59 Å². The fraction of sp³-hybridized carbons (Fsp3) is 0.857. The third-order valence-corrected chi connectivity index (χ3v) is 3.77. The lowest BCUT2D eigenvalue weighted by molar-refractivity contribution is -0.132. The van der Waals surface area contributed by atoms with Gasteiger partial charge in [0.15, 0.2) is 0 Å².